The van der Waals surface area contributed by atoms with E-state index in [-0.39, 0.29) is 5.56 Å². The van der Waals surface area contributed by atoms with Gasteiger partial charge in [0.2, 0.25) is 5.89 Å². The van der Waals surface area contributed by atoms with Crippen molar-refractivity contribution in [2.75, 3.05) is 0 Å². The maximum atomic E-state index is 12.5. The Hall–Kier alpha value is -2.45. The number of nitrogens with zero attached hydrogens (tertiary/aromatic N) is 3. The number of hydrogen-bond acceptors (Lipinski definition) is 5. The minimum Gasteiger partial charge on any atom is -0.340 e. The highest BCUT2D eigenvalue weighted by molar-refractivity contribution is 5.94. The molecule has 24 heavy (non-hydrogen) atoms. The zero-order valence-corrected chi connectivity index (χ0v) is 12.9. The summed E-state index contributed by atoms with van der Waals surface area (Å²) in [4.78, 5) is 19.9. The molecule has 0 aromatic carbocycles. The maximum Gasteiger partial charge on any atom is 0.433 e. The first-order chi connectivity index (χ1) is 11.3. The first-order valence-corrected chi connectivity index (χ1v) is 7.47. The molecule has 0 radical (unpaired) electrons. The molecule has 2 aromatic heterocycles. The smallest absolute Gasteiger partial charge is 0.340 e. The van der Waals surface area contributed by atoms with Crippen LogP contribution in [-0.4, -0.2) is 21.0 Å². The topological polar surface area (TPSA) is 80.9 Å². The summed E-state index contributed by atoms with van der Waals surface area (Å²) in [6.45, 7) is 1.65. The minimum absolute atomic E-state index is 0.0505. The molecule has 2 aromatic rings. The number of halogens is 3. The summed E-state index contributed by atoms with van der Waals surface area (Å²) in [5.74, 6) is 0.271. The van der Waals surface area contributed by atoms with Gasteiger partial charge in [-0.1, -0.05) is 18.0 Å². The molecule has 1 amide bonds. The van der Waals surface area contributed by atoms with Crippen LogP contribution in [0.2, 0.25) is 0 Å². The second-order valence-electron chi connectivity index (χ2n) is 5.81. The zero-order valence-electron chi connectivity index (χ0n) is 12.9. The number of aromatic nitrogens is 3. The molecule has 0 atom stereocenters. The average molecular weight is 340 g/mol. The normalized spacial score (nSPS) is 17.0. The van der Waals surface area contributed by atoms with Gasteiger partial charge in [-0.3, -0.25) is 9.78 Å². The van der Waals surface area contributed by atoms with Crippen LogP contribution in [0.4, 0.5) is 13.2 Å². The van der Waals surface area contributed by atoms with Crippen molar-refractivity contribution in [3.05, 3.63) is 41.3 Å². The Kier molecular flexibility index (Phi) is 4.02. The van der Waals surface area contributed by atoms with Gasteiger partial charge < -0.3 is 9.84 Å². The third kappa shape index (κ3) is 3.10. The Bertz CT molecular complexity index is 734. The number of rotatable bonds is 3. The largest absolute Gasteiger partial charge is 0.433 e. The van der Waals surface area contributed by atoms with Gasteiger partial charge in [-0.25, -0.2) is 0 Å². The summed E-state index contributed by atoms with van der Waals surface area (Å²) in [5.41, 5.74) is -1.74. The third-order valence-electron chi connectivity index (χ3n) is 4.08. The number of hydrogen-bond donors (Lipinski definition) is 1. The van der Waals surface area contributed by atoms with Crippen molar-refractivity contribution >= 4 is 5.91 Å². The highest BCUT2D eigenvalue weighted by Gasteiger charge is 2.41. The van der Waals surface area contributed by atoms with Crippen LogP contribution in [0.3, 0.4) is 0 Å². The van der Waals surface area contributed by atoms with Crippen molar-refractivity contribution in [3.8, 4) is 0 Å². The SMILES string of the molecule is Cc1nc(C2(NC(=O)c3ccc(C(F)(F)F)nc3)CCCC2)no1. The molecule has 3 rings (SSSR count). The highest BCUT2D eigenvalue weighted by atomic mass is 19.4. The Morgan fingerprint density at radius 2 is 2.00 bits per heavy atom. The molecule has 0 unspecified atom stereocenters. The molecule has 9 heteroatoms. The lowest BCUT2D eigenvalue weighted by Gasteiger charge is -2.26. The lowest BCUT2D eigenvalue weighted by atomic mass is 9.96. The second kappa shape index (κ2) is 5.88. The lowest BCUT2D eigenvalue weighted by molar-refractivity contribution is -0.141. The molecule has 0 saturated heterocycles. The molecule has 1 saturated carbocycles. The van der Waals surface area contributed by atoms with E-state index >= 15 is 0 Å². The van der Waals surface area contributed by atoms with Gasteiger partial charge in [-0.05, 0) is 25.0 Å². The van der Waals surface area contributed by atoms with E-state index in [0.717, 1.165) is 31.2 Å². The first-order valence-electron chi connectivity index (χ1n) is 7.47. The lowest BCUT2D eigenvalue weighted by Crippen LogP contribution is -2.44. The monoisotopic (exact) mass is 340 g/mol. The molecule has 0 aliphatic heterocycles. The predicted octanol–water partition coefficient (Wildman–Crippen LogP) is 2.99. The van der Waals surface area contributed by atoms with Crippen molar-refractivity contribution in [1.82, 2.24) is 20.4 Å². The maximum absolute atomic E-state index is 12.5. The summed E-state index contributed by atoms with van der Waals surface area (Å²) in [6, 6.07) is 1.89. The predicted molar refractivity (Wildman–Crippen MR) is 75.9 cm³/mol. The summed E-state index contributed by atoms with van der Waals surface area (Å²) in [5, 5.41) is 6.75. The van der Waals surface area contributed by atoms with Gasteiger partial charge in [0.15, 0.2) is 5.82 Å². The van der Waals surface area contributed by atoms with Crippen molar-refractivity contribution in [3.63, 3.8) is 0 Å². The fourth-order valence-electron chi connectivity index (χ4n) is 2.86. The van der Waals surface area contributed by atoms with Crippen molar-refractivity contribution < 1.29 is 22.5 Å². The number of alkyl halides is 3. The van der Waals surface area contributed by atoms with Gasteiger partial charge >= 0.3 is 6.18 Å². The van der Waals surface area contributed by atoms with E-state index in [2.05, 4.69) is 20.4 Å². The number of pyridine rings is 1. The average Bonchev–Trinajstić information content (AvgIpc) is 3.16. The number of carbonyl (C=O) groups excluding carboxylic acids is 1. The Morgan fingerprint density at radius 1 is 1.29 bits per heavy atom. The highest BCUT2D eigenvalue weighted by Crippen LogP contribution is 2.37. The molecule has 0 bridgehead atoms. The number of amides is 1. The molecule has 1 aliphatic rings. The van der Waals surface area contributed by atoms with Gasteiger partial charge in [0, 0.05) is 13.1 Å². The number of carbonyl (C=O) groups is 1. The van der Waals surface area contributed by atoms with Crippen LogP contribution in [0.25, 0.3) is 0 Å². The van der Waals surface area contributed by atoms with Gasteiger partial charge in [0.1, 0.15) is 11.2 Å². The molecular formula is C15H15F3N4O2. The van der Waals surface area contributed by atoms with Crippen LogP contribution in [0.15, 0.2) is 22.9 Å². The molecule has 1 fully saturated rings. The Labute approximate surface area is 135 Å². The van der Waals surface area contributed by atoms with E-state index in [9.17, 15) is 18.0 Å². The molecule has 0 spiro atoms. The van der Waals surface area contributed by atoms with Crippen LogP contribution in [0, 0.1) is 6.92 Å². The van der Waals surface area contributed by atoms with Crippen molar-refractivity contribution in [2.45, 2.75) is 44.3 Å². The third-order valence-corrected chi connectivity index (χ3v) is 4.08. The van der Waals surface area contributed by atoms with E-state index in [1.165, 1.54) is 0 Å². The Morgan fingerprint density at radius 3 is 2.50 bits per heavy atom. The van der Waals surface area contributed by atoms with Crippen LogP contribution in [-0.2, 0) is 11.7 Å². The van der Waals surface area contributed by atoms with Crippen LogP contribution >= 0.6 is 0 Å². The van der Waals surface area contributed by atoms with E-state index in [0.29, 0.717) is 24.6 Å². The standard InChI is InChI=1S/C15H15F3N4O2/c1-9-20-13(22-24-9)14(6-2-3-7-14)21-12(23)10-4-5-11(19-8-10)15(16,17)18/h4-5,8H,2-3,6-7H2,1H3,(H,21,23). The fourth-order valence-corrected chi connectivity index (χ4v) is 2.86. The van der Waals surface area contributed by atoms with E-state index in [4.69, 9.17) is 4.52 Å². The summed E-state index contributed by atoms with van der Waals surface area (Å²) in [7, 11) is 0. The minimum atomic E-state index is -4.54. The van der Waals surface area contributed by atoms with Gasteiger partial charge in [-0.15, -0.1) is 0 Å². The molecule has 128 valence electrons. The molecule has 2 heterocycles. The van der Waals surface area contributed by atoms with Crippen LogP contribution < -0.4 is 5.32 Å². The van der Waals surface area contributed by atoms with Gasteiger partial charge in [-0.2, -0.15) is 18.2 Å². The van der Waals surface area contributed by atoms with Crippen molar-refractivity contribution in [2.24, 2.45) is 0 Å². The van der Waals surface area contributed by atoms with Gasteiger partial charge in [0.05, 0.1) is 5.56 Å². The van der Waals surface area contributed by atoms with Crippen molar-refractivity contribution in [1.29, 1.82) is 0 Å². The number of nitrogens with one attached hydrogen (secondary N) is 1. The van der Waals surface area contributed by atoms with E-state index in [1.54, 1.807) is 6.92 Å². The first kappa shape index (κ1) is 16.4. The van der Waals surface area contributed by atoms with E-state index in [1.807, 2.05) is 0 Å². The van der Waals surface area contributed by atoms with Crippen LogP contribution in [0.5, 0.6) is 0 Å². The summed E-state index contributed by atoms with van der Waals surface area (Å²) < 4.78 is 42.6. The second-order valence-corrected chi connectivity index (χ2v) is 5.81. The van der Waals surface area contributed by atoms with Gasteiger partial charge in [0.25, 0.3) is 5.91 Å². The molecule has 6 nitrogen and oxygen atoms in total. The fraction of sp³-hybridized carbons (Fsp3) is 0.467. The summed E-state index contributed by atoms with van der Waals surface area (Å²) in [6.07, 6.45) is -0.554. The number of aryl methyl sites for hydroxylation is 1. The molecular weight excluding hydrogens is 325 g/mol. The quantitative estimate of drug-likeness (QED) is 0.929. The zero-order chi connectivity index (χ0) is 17.4. The van der Waals surface area contributed by atoms with E-state index < -0.39 is 23.3 Å². The Balaban J connectivity index is 1.82. The van der Waals surface area contributed by atoms with Crippen LogP contribution in [0.1, 0.15) is 53.5 Å². The summed E-state index contributed by atoms with van der Waals surface area (Å²) >= 11 is 0. The molecule has 1 aliphatic carbocycles. The molecule has 1 N–H and O–H groups in total.